The van der Waals surface area contributed by atoms with E-state index in [0.29, 0.717) is 0 Å². The SMILES string of the molecule is C/C=C\OCC1CCCCC1. The molecule has 1 nitrogen and oxygen atoms in total. The summed E-state index contributed by atoms with van der Waals surface area (Å²) in [6.07, 6.45) is 10.7. The molecular formula is C10H18O. The van der Waals surface area contributed by atoms with Gasteiger partial charge in [0.05, 0.1) is 12.9 Å². The molecule has 0 aromatic carbocycles. The van der Waals surface area contributed by atoms with Crippen LogP contribution in [0.1, 0.15) is 39.0 Å². The van der Waals surface area contributed by atoms with Gasteiger partial charge in [-0.1, -0.05) is 25.3 Å². The minimum Gasteiger partial charge on any atom is -0.501 e. The van der Waals surface area contributed by atoms with Gasteiger partial charge in [0.2, 0.25) is 0 Å². The van der Waals surface area contributed by atoms with E-state index in [1.807, 2.05) is 13.0 Å². The van der Waals surface area contributed by atoms with Crippen molar-refractivity contribution in [2.45, 2.75) is 39.0 Å². The van der Waals surface area contributed by atoms with E-state index in [1.54, 1.807) is 6.26 Å². The van der Waals surface area contributed by atoms with Crippen LogP contribution in [0.5, 0.6) is 0 Å². The summed E-state index contributed by atoms with van der Waals surface area (Å²) >= 11 is 0. The number of hydrogen-bond acceptors (Lipinski definition) is 1. The summed E-state index contributed by atoms with van der Waals surface area (Å²) in [6, 6.07) is 0. The second kappa shape index (κ2) is 5.22. The molecule has 0 bridgehead atoms. The van der Waals surface area contributed by atoms with Crippen LogP contribution in [-0.4, -0.2) is 6.61 Å². The molecular weight excluding hydrogens is 136 g/mol. The quantitative estimate of drug-likeness (QED) is 0.567. The Morgan fingerprint density at radius 3 is 2.64 bits per heavy atom. The van der Waals surface area contributed by atoms with E-state index >= 15 is 0 Å². The fourth-order valence-electron chi connectivity index (χ4n) is 1.64. The maximum absolute atomic E-state index is 5.34. The fourth-order valence-corrected chi connectivity index (χ4v) is 1.64. The lowest BCUT2D eigenvalue weighted by atomic mass is 9.90. The topological polar surface area (TPSA) is 9.23 Å². The van der Waals surface area contributed by atoms with Crippen molar-refractivity contribution in [3.8, 4) is 0 Å². The van der Waals surface area contributed by atoms with E-state index in [0.717, 1.165) is 12.5 Å². The van der Waals surface area contributed by atoms with Gasteiger partial charge in [0.15, 0.2) is 0 Å². The molecule has 1 aliphatic rings. The van der Waals surface area contributed by atoms with Gasteiger partial charge in [-0.2, -0.15) is 0 Å². The van der Waals surface area contributed by atoms with Gasteiger partial charge >= 0.3 is 0 Å². The summed E-state index contributed by atoms with van der Waals surface area (Å²) in [6.45, 7) is 2.92. The first-order valence-corrected chi connectivity index (χ1v) is 4.66. The van der Waals surface area contributed by atoms with Gasteiger partial charge in [-0.15, -0.1) is 0 Å². The second-order valence-corrected chi connectivity index (χ2v) is 3.31. The van der Waals surface area contributed by atoms with E-state index in [4.69, 9.17) is 4.74 Å². The van der Waals surface area contributed by atoms with Crippen LogP contribution in [-0.2, 0) is 4.74 Å². The third-order valence-electron chi connectivity index (χ3n) is 2.29. The van der Waals surface area contributed by atoms with Crippen LogP contribution in [0.4, 0.5) is 0 Å². The highest BCUT2D eigenvalue weighted by molar-refractivity contribution is 4.69. The van der Waals surface area contributed by atoms with Crippen molar-refractivity contribution in [3.05, 3.63) is 12.3 Å². The Labute approximate surface area is 69.4 Å². The van der Waals surface area contributed by atoms with Crippen LogP contribution in [0.15, 0.2) is 12.3 Å². The first-order chi connectivity index (χ1) is 5.43. The van der Waals surface area contributed by atoms with Crippen LogP contribution in [0, 0.1) is 5.92 Å². The van der Waals surface area contributed by atoms with Gasteiger partial charge in [-0.05, 0) is 25.7 Å². The Bertz CT molecular complexity index is 112. The van der Waals surface area contributed by atoms with Gasteiger partial charge in [0.25, 0.3) is 0 Å². The zero-order valence-electron chi connectivity index (χ0n) is 7.38. The number of hydrogen-bond donors (Lipinski definition) is 0. The minimum absolute atomic E-state index is 0.833. The highest BCUT2D eigenvalue weighted by atomic mass is 16.5. The predicted molar refractivity (Wildman–Crippen MR) is 47.3 cm³/mol. The first kappa shape index (κ1) is 8.63. The molecule has 0 aliphatic heterocycles. The molecule has 0 spiro atoms. The van der Waals surface area contributed by atoms with Crippen molar-refractivity contribution in [2.75, 3.05) is 6.61 Å². The van der Waals surface area contributed by atoms with Crippen molar-refractivity contribution in [2.24, 2.45) is 5.92 Å². The maximum Gasteiger partial charge on any atom is 0.0901 e. The highest BCUT2D eigenvalue weighted by Crippen LogP contribution is 2.23. The average Bonchev–Trinajstić information content (AvgIpc) is 2.07. The molecule has 0 amide bonds. The molecule has 1 saturated carbocycles. The number of rotatable bonds is 3. The Kier molecular flexibility index (Phi) is 4.10. The summed E-state index contributed by atoms with van der Waals surface area (Å²) in [5, 5.41) is 0. The average molecular weight is 154 g/mol. The van der Waals surface area contributed by atoms with Gasteiger partial charge in [-0.3, -0.25) is 0 Å². The van der Waals surface area contributed by atoms with Crippen molar-refractivity contribution < 1.29 is 4.74 Å². The summed E-state index contributed by atoms with van der Waals surface area (Å²) < 4.78 is 5.34. The lowest BCUT2D eigenvalue weighted by Gasteiger charge is -2.20. The fraction of sp³-hybridized carbons (Fsp3) is 0.800. The molecule has 64 valence electrons. The molecule has 0 N–H and O–H groups in total. The Morgan fingerprint density at radius 2 is 2.00 bits per heavy atom. The third-order valence-corrected chi connectivity index (χ3v) is 2.29. The Morgan fingerprint density at radius 1 is 1.27 bits per heavy atom. The lowest BCUT2D eigenvalue weighted by Crippen LogP contribution is -2.11. The van der Waals surface area contributed by atoms with Gasteiger partial charge in [-0.25, -0.2) is 0 Å². The lowest BCUT2D eigenvalue weighted by molar-refractivity contribution is 0.165. The van der Waals surface area contributed by atoms with E-state index in [2.05, 4.69) is 0 Å². The molecule has 1 aliphatic carbocycles. The molecule has 1 fully saturated rings. The molecule has 0 atom stereocenters. The molecule has 11 heavy (non-hydrogen) atoms. The molecule has 0 aromatic rings. The molecule has 0 unspecified atom stereocenters. The van der Waals surface area contributed by atoms with Crippen molar-refractivity contribution in [1.82, 2.24) is 0 Å². The van der Waals surface area contributed by atoms with E-state index in [-0.39, 0.29) is 0 Å². The first-order valence-electron chi connectivity index (χ1n) is 4.66. The number of allylic oxidation sites excluding steroid dienone is 1. The van der Waals surface area contributed by atoms with Gasteiger partial charge in [0, 0.05) is 0 Å². The van der Waals surface area contributed by atoms with Crippen molar-refractivity contribution in [3.63, 3.8) is 0 Å². The zero-order valence-corrected chi connectivity index (χ0v) is 7.38. The smallest absolute Gasteiger partial charge is 0.0901 e. The summed E-state index contributed by atoms with van der Waals surface area (Å²) in [5.74, 6) is 0.833. The summed E-state index contributed by atoms with van der Waals surface area (Å²) in [4.78, 5) is 0. The molecule has 0 saturated heterocycles. The molecule has 0 heterocycles. The predicted octanol–water partition coefficient (Wildman–Crippen LogP) is 3.12. The van der Waals surface area contributed by atoms with E-state index in [1.165, 1.54) is 32.1 Å². The standard InChI is InChI=1S/C10H18O/c1-2-8-11-9-10-6-4-3-5-7-10/h2,8,10H,3-7,9H2,1H3/b8-2-. The minimum atomic E-state index is 0.833. The largest absolute Gasteiger partial charge is 0.501 e. The Hall–Kier alpha value is -0.460. The van der Waals surface area contributed by atoms with Crippen LogP contribution in [0.2, 0.25) is 0 Å². The maximum atomic E-state index is 5.34. The van der Waals surface area contributed by atoms with E-state index in [9.17, 15) is 0 Å². The second-order valence-electron chi connectivity index (χ2n) is 3.31. The van der Waals surface area contributed by atoms with Crippen molar-refractivity contribution >= 4 is 0 Å². The molecule has 1 rings (SSSR count). The van der Waals surface area contributed by atoms with Crippen LogP contribution >= 0.6 is 0 Å². The number of ether oxygens (including phenoxy) is 1. The van der Waals surface area contributed by atoms with Gasteiger partial charge in [0.1, 0.15) is 0 Å². The van der Waals surface area contributed by atoms with Crippen LogP contribution in [0.3, 0.4) is 0 Å². The van der Waals surface area contributed by atoms with Gasteiger partial charge < -0.3 is 4.74 Å². The summed E-state index contributed by atoms with van der Waals surface area (Å²) in [7, 11) is 0. The van der Waals surface area contributed by atoms with E-state index < -0.39 is 0 Å². The zero-order chi connectivity index (χ0) is 7.94. The third kappa shape index (κ3) is 3.45. The highest BCUT2D eigenvalue weighted by Gasteiger charge is 2.12. The summed E-state index contributed by atoms with van der Waals surface area (Å²) in [5.41, 5.74) is 0. The molecule has 1 heteroatoms. The van der Waals surface area contributed by atoms with Crippen molar-refractivity contribution in [1.29, 1.82) is 0 Å². The molecule has 0 aromatic heterocycles. The Balaban J connectivity index is 2.04. The van der Waals surface area contributed by atoms with Crippen LogP contribution in [0.25, 0.3) is 0 Å². The molecule has 0 radical (unpaired) electrons. The monoisotopic (exact) mass is 154 g/mol. The normalized spacial score (nSPS) is 20.8. The van der Waals surface area contributed by atoms with Crippen LogP contribution < -0.4 is 0 Å².